The van der Waals surface area contributed by atoms with E-state index in [4.69, 9.17) is 15.2 Å². The Labute approximate surface area is 152 Å². The summed E-state index contributed by atoms with van der Waals surface area (Å²) in [5.74, 6) is -1.40. The lowest BCUT2D eigenvalue weighted by molar-refractivity contribution is -0.137. The molecule has 2 amide bonds. The predicted molar refractivity (Wildman–Crippen MR) is 88.1 cm³/mol. The largest absolute Gasteiger partial charge is 0.491 e. The second-order valence-corrected chi connectivity index (χ2v) is 5.26. The number of aromatic nitrogens is 1. The normalized spacial score (nSPS) is 11.0. The van der Waals surface area contributed by atoms with Crippen LogP contribution in [0.5, 0.6) is 11.5 Å². The van der Waals surface area contributed by atoms with Crippen LogP contribution in [-0.2, 0) is 17.6 Å². The number of carbonyl (C=O) groups is 2. The number of methoxy groups -OCH3 is 1. The number of nitrogens with one attached hydrogen (secondary N) is 1. The van der Waals surface area contributed by atoms with E-state index in [2.05, 4.69) is 4.98 Å². The van der Waals surface area contributed by atoms with Gasteiger partial charge in [0.25, 0.3) is 5.91 Å². The molecule has 2 aromatic rings. The van der Waals surface area contributed by atoms with Gasteiger partial charge in [-0.05, 0) is 17.7 Å². The molecule has 0 bridgehead atoms. The van der Waals surface area contributed by atoms with E-state index in [9.17, 15) is 22.8 Å². The Morgan fingerprint density at radius 2 is 1.85 bits per heavy atom. The number of pyridine rings is 1. The van der Waals surface area contributed by atoms with E-state index in [1.165, 1.54) is 31.5 Å². The molecule has 0 fully saturated rings. The van der Waals surface area contributed by atoms with Crippen LogP contribution in [0.25, 0.3) is 0 Å². The highest BCUT2D eigenvalue weighted by Crippen LogP contribution is 2.31. The fraction of sp³-hybridized carbons (Fsp3) is 0.235. The first-order valence-corrected chi connectivity index (χ1v) is 7.62. The molecule has 0 atom stereocenters. The second kappa shape index (κ2) is 8.49. The van der Waals surface area contributed by atoms with E-state index in [1.807, 2.05) is 5.32 Å². The van der Waals surface area contributed by atoms with Crippen LogP contribution < -0.4 is 20.5 Å². The van der Waals surface area contributed by atoms with Gasteiger partial charge >= 0.3 is 6.18 Å². The molecule has 0 aliphatic rings. The first-order valence-electron chi connectivity index (χ1n) is 7.62. The van der Waals surface area contributed by atoms with Gasteiger partial charge in [-0.15, -0.1) is 0 Å². The minimum Gasteiger partial charge on any atom is -0.491 e. The molecule has 0 unspecified atom stereocenters. The standard InChI is InChI=1S/C17H16F3N3O4/c1-26-15-12(6-7-22-14(15)16(25)23-13(24)8-21)27-9-10-2-4-11(5-3-10)17(18,19)20/h2-7H,8-9,21H2,1H3,(H,23,24,25). The van der Waals surface area contributed by atoms with Gasteiger partial charge in [0.15, 0.2) is 17.2 Å². The molecule has 1 aromatic heterocycles. The maximum Gasteiger partial charge on any atom is 0.416 e. The molecule has 3 N–H and O–H groups in total. The number of nitrogens with zero attached hydrogens (tertiary/aromatic N) is 1. The maximum atomic E-state index is 12.6. The summed E-state index contributed by atoms with van der Waals surface area (Å²) in [7, 11) is 1.28. The highest BCUT2D eigenvalue weighted by Gasteiger charge is 2.30. The number of carbonyl (C=O) groups excluding carboxylic acids is 2. The van der Waals surface area contributed by atoms with E-state index in [0.717, 1.165) is 12.1 Å². The Balaban J connectivity index is 2.16. The second-order valence-electron chi connectivity index (χ2n) is 5.26. The molecule has 0 saturated carbocycles. The first kappa shape index (κ1) is 20.2. The summed E-state index contributed by atoms with van der Waals surface area (Å²) >= 11 is 0. The fourth-order valence-corrected chi connectivity index (χ4v) is 2.09. The summed E-state index contributed by atoms with van der Waals surface area (Å²) in [6, 6.07) is 5.87. The number of nitrogens with two attached hydrogens (primary N) is 1. The third kappa shape index (κ3) is 5.17. The third-order valence-electron chi connectivity index (χ3n) is 3.40. The number of alkyl halides is 3. The fourth-order valence-electron chi connectivity index (χ4n) is 2.09. The molecule has 0 aliphatic carbocycles. The van der Waals surface area contributed by atoms with Gasteiger partial charge in [0, 0.05) is 12.3 Å². The number of amides is 2. The van der Waals surface area contributed by atoms with Crippen molar-refractivity contribution in [1.29, 1.82) is 0 Å². The lowest BCUT2D eigenvalue weighted by Crippen LogP contribution is -2.36. The molecule has 0 radical (unpaired) electrons. The molecule has 144 valence electrons. The van der Waals surface area contributed by atoms with E-state index in [1.54, 1.807) is 0 Å². The smallest absolute Gasteiger partial charge is 0.416 e. The van der Waals surface area contributed by atoms with Crippen LogP contribution in [0.3, 0.4) is 0 Å². The van der Waals surface area contributed by atoms with Crippen molar-refractivity contribution in [1.82, 2.24) is 10.3 Å². The van der Waals surface area contributed by atoms with Crippen LogP contribution in [0.2, 0.25) is 0 Å². The quantitative estimate of drug-likeness (QED) is 0.790. The van der Waals surface area contributed by atoms with E-state index < -0.39 is 23.6 Å². The summed E-state index contributed by atoms with van der Waals surface area (Å²) in [5, 5.41) is 2.03. The number of hydrogen-bond acceptors (Lipinski definition) is 6. The topological polar surface area (TPSA) is 104 Å². The van der Waals surface area contributed by atoms with Crippen molar-refractivity contribution < 1.29 is 32.2 Å². The monoisotopic (exact) mass is 383 g/mol. The molecule has 2 rings (SSSR count). The summed E-state index contributed by atoms with van der Waals surface area (Å²) in [6.45, 7) is -0.445. The average molecular weight is 383 g/mol. The molecule has 7 nitrogen and oxygen atoms in total. The van der Waals surface area contributed by atoms with Gasteiger partial charge in [0.1, 0.15) is 6.61 Å². The lowest BCUT2D eigenvalue weighted by Gasteiger charge is -2.13. The summed E-state index contributed by atoms with van der Waals surface area (Å²) in [4.78, 5) is 27.2. The number of halogens is 3. The van der Waals surface area contributed by atoms with E-state index in [-0.39, 0.29) is 30.3 Å². The predicted octanol–water partition coefficient (Wildman–Crippen LogP) is 1.90. The number of rotatable bonds is 6. The van der Waals surface area contributed by atoms with Gasteiger partial charge in [0.05, 0.1) is 19.2 Å². The third-order valence-corrected chi connectivity index (χ3v) is 3.40. The van der Waals surface area contributed by atoms with Crippen molar-refractivity contribution in [2.75, 3.05) is 13.7 Å². The molecule has 0 saturated heterocycles. The van der Waals surface area contributed by atoms with Gasteiger partial charge in [-0.2, -0.15) is 13.2 Å². The molecule has 27 heavy (non-hydrogen) atoms. The molecule has 10 heteroatoms. The van der Waals surface area contributed by atoms with Crippen molar-refractivity contribution in [3.8, 4) is 11.5 Å². The van der Waals surface area contributed by atoms with Crippen LogP contribution in [0, 0.1) is 0 Å². The highest BCUT2D eigenvalue weighted by atomic mass is 19.4. The minimum absolute atomic E-state index is 0.0215. The average Bonchev–Trinajstić information content (AvgIpc) is 2.65. The van der Waals surface area contributed by atoms with Crippen LogP contribution in [-0.4, -0.2) is 30.5 Å². The van der Waals surface area contributed by atoms with Crippen LogP contribution >= 0.6 is 0 Å². The van der Waals surface area contributed by atoms with E-state index in [0.29, 0.717) is 5.56 Å². The van der Waals surface area contributed by atoms with Crippen LogP contribution in [0.1, 0.15) is 21.6 Å². The molecule has 0 spiro atoms. The van der Waals surface area contributed by atoms with Gasteiger partial charge in [-0.3, -0.25) is 14.9 Å². The van der Waals surface area contributed by atoms with Crippen molar-refractivity contribution in [2.24, 2.45) is 5.73 Å². The zero-order chi connectivity index (χ0) is 20.0. The summed E-state index contributed by atoms with van der Waals surface area (Å²) in [5.41, 5.74) is 4.66. The van der Waals surface area contributed by atoms with Crippen molar-refractivity contribution in [2.45, 2.75) is 12.8 Å². The van der Waals surface area contributed by atoms with Gasteiger partial charge in [-0.25, -0.2) is 4.98 Å². The van der Waals surface area contributed by atoms with Gasteiger partial charge < -0.3 is 15.2 Å². The highest BCUT2D eigenvalue weighted by molar-refractivity contribution is 6.05. The number of imide groups is 1. The van der Waals surface area contributed by atoms with Crippen molar-refractivity contribution in [3.05, 3.63) is 53.3 Å². The van der Waals surface area contributed by atoms with E-state index >= 15 is 0 Å². The Morgan fingerprint density at radius 3 is 2.41 bits per heavy atom. The molecular weight excluding hydrogens is 367 g/mol. The maximum absolute atomic E-state index is 12.6. The number of ether oxygens (including phenoxy) is 2. The van der Waals surface area contributed by atoms with Gasteiger partial charge in [-0.1, -0.05) is 12.1 Å². The van der Waals surface area contributed by atoms with Crippen molar-refractivity contribution >= 4 is 11.8 Å². The number of hydrogen-bond donors (Lipinski definition) is 2. The Hall–Kier alpha value is -3.14. The molecule has 0 aliphatic heterocycles. The SMILES string of the molecule is COc1c(OCc2ccc(C(F)(F)F)cc2)ccnc1C(=O)NC(=O)CN. The zero-order valence-corrected chi connectivity index (χ0v) is 14.2. The van der Waals surface area contributed by atoms with Gasteiger partial charge in [0.2, 0.25) is 5.91 Å². The van der Waals surface area contributed by atoms with Crippen LogP contribution in [0.15, 0.2) is 36.5 Å². The summed E-state index contributed by atoms with van der Waals surface area (Å²) in [6.07, 6.45) is -3.15. The van der Waals surface area contributed by atoms with Crippen LogP contribution in [0.4, 0.5) is 13.2 Å². The Kier molecular flexibility index (Phi) is 6.35. The Morgan fingerprint density at radius 1 is 1.19 bits per heavy atom. The Bertz CT molecular complexity index is 823. The van der Waals surface area contributed by atoms with Crippen molar-refractivity contribution in [3.63, 3.8) is 0 Å². The minimum atomic E-state index is -4.42. The number of benzene rings is 1. The molecular formula is C17H16F3N3O4. The molecule has 1 heterocycles. The first-order chi connectivity index (χ1) is 12.8. The zero-order valence-electron chi connectivity index (χ0n) is 14.2. The molecule has 1 aromatic carbocycles. The summed E-state index contributed by atoms with van der Waals surface area (Å²) < 4.78 is 48.4. The lowest BCUT2D eigenvalue weighted by atomic mass is 10.1.